The van der Waals surface area contributed by atoms with Gasteiger partial charge in [-0.2, -0.15) is 0 Å². The molecule has 6 atom stereocenters. The van der Waals surface area contributed by atoms with E-state index in [0.717, 1.165) is 6.07 Å². The molecule has 0 radical (unpaired) electrons. The van der Waals surface area contributed by atoms with E-state index in [9.17, 15) is 35.4 Å². The maximum Gasteiger partial charge on any atom is 0.239 e. The predicted octanol–water partition coefficient (Wildman–Crippen LogP) is 1.57. The number of hydrogen-bond donors (Lipinski definition) is 6. The number of phenols is 2. The fraction of sp³-hybridized carbons (Fsp3) is 0.370. The van der Waals surface area contributed by atoms with Crippen molar-refractivity contribution in [2.45, 2.75) is 57.1 Å². The summed E-state index contributed by atoms with van der Waals surface area (Å²) in [6.45, 7) is 6.75. The quantitative estimate of drug-likeness (QED) is 0.244. The van der Waals surface area contributed by atoms with Gasteiger partial charge in [0.1, 0.15) is 46.5 Å². The van der Waals surface area contributed by atoms with Crippen molar-refractivity contribution < 1.29 is 49.3 Å². The SMILES string of the molecule is C=C(C)C(O)Cc1c(O)cc(O)c2c(=O)c(O[C@@H]3O[C@@H](C)[C@H](O)[C@@H](O)[C@H]3O)c(-c3ccc(OC)cc3)oc12. The predicted molar refractivity (Wildman–Crippen MR) is 135 cm³/mol. The molecule has 2 heterocycles. The Kier molecular flexibility index (Phi) is 7.68. The molecule has 6 N–H and O–H groups in total. The van der Waals surface area contributed by atoms with Crippen molar-refractivity contribution in [2.75, 3.05) is 7.11 Å². The Morgan fingerprint density at radius 1 is 1.08 bits per heavy atom. The van der Waals surface area contributed by atoms with E-state index in [1.807, 2.05) is 0 Å². The number of methoxy groups -OCH3 is 1. The van der Waals surface area contributed by atoms with Gasteiger partial charge in [-0.05, 0) is 38.1 Å². The van der Waals surface area contributed by atoms with Crippen LogP contribution >= 0.6 is 0 Å². The fourth-order valence-electron chi connectivity index (χ4n) is 4.20. The fourth-order valence-corrected chi connectivity index (χ4v) is 4.20. The minimum Gasteiger partial charge on any atom is -0.507 e. The Morgan fingerprint density at radius 3 is 2.34 bits per heavy atom. The van der Waals surface area contributed by atoms with Crippen LogP contribution in [0.2, 0.25) is 0 Å². The first-order chi connectivity index (χ1) is 17.9. The molecular weight excluding hydrogens is 500 g/mol. The van der Waals surface area contributed by atoms with Crippen LogP contribution < -0.4 is 14.9 Å². The number of fused-ring (bicyclic) bond motifs is 1. The van der Waals surface area contributed by atoms with Crippen LogP contribution in [-0.2, 0) is 11.2 Å². The Labute approximate surface area is 217 Å². The number of hydrogen-bond acceptors (Lipinski definition) is 11. The maximum absolute atomic E-state index is 13.8. The van der Waals surface area contributed by atoms with Crippen molar-refractivity contribution in [3.8, 4) is 34.3 Å². The van der Waals surface area contributed by atoms with Crippen LogP contribution in [0.3, 0.4) is 0 Å². The second-order valence-electron chi connectivity index (χ2n) is 9.28. The summed E-state index contributed by atoms with van der Waals surface area (Å²) in [7, 11) is 1.48. The van der Waals surface area contributed by atoms with Crippen LogP contribution in [0.5, 0.6) is 23.0 Å². The molecule has 1 fully saturated rings. The first kappa shape index (κ1) is 27.4. The number of phenolic OH excluding ortho intramolecular Hbond substituents is 2. The maximum atomic E-state index is 13.8. The van der Waals surface area contributed by atoms with Gasteiger partial charge in [0.2, 0.25) is 17.5 Å². The molecule has 1 aliphatic rings. The zero-order chi connectivity index (χ0) is 27.9. The van der Waals surface area contributed by atoms with Crippen molar-refractivity contribution in [1.82, 2.24) is 0 Å². The Balaban J connectivity index is 1.96. The number of aliphatic hydroxyl groups is 4. The van der Waals surface area contributed by atoms with Crippen LogP contribution in [0.1, 0.15) is 19.4 Å². The minimum absolute atomic E-state index is 0.0489. The van der Waals surface area contributed by atoms with Crippen molar-refractivity contribution >= 4 is 11.0 Å². The molecular formula is C27H30O11. The van der Waals surface area contributed by atoms with Gasteiger partial charge in [-0.1, -0.05) is 12.2 Å². The monoisotopic (exact) mass is 530 g/mol. The van der Waals surface area contributed by atoms with Gasteiger partial charge in [-0.3, -0.25) is 4.79 Å². The van der Waals surface area contributed by atoms with Gasteiger partial charge < -0.3 is 49.3 Å². The number of ether oxygens (including phenoxy) is 3. The van der Waals surface area contributed by atoms with E-state index in [4.69, 9.17) is 18.6 Å². The summed E-state index contributed by atoms with van der Waals surface area (Å²) in [6.07, 6.45) is -8.53. The smallest absolute Gasteiger partial charge is 0.239 e. The number of benzene rings is 2. The van der Waals surface area contributed by atoms with E-state index in [2.05, 4.69) is 6.58 Å². The van der Waals surface area contributed by atoms with Crippen LogP contribution in [0, 0.1) is 0 Å². The van der Waals surface area contributed by atoms with Crippen LogP contribution in [0.4, 0.5) is 0 Å². The molecule has 38 heavy (non-hydrogen) atoms. The average molecular weight is 531 g/mol. The second-order valence-corrected chi connectivity index (χ2v) is 9.28. The van der Waals surface area contributed by atoms with Gasteiger partial charge in [0.05, 0.1) is 19.3 Å². The molecule has 1 aromatic heterocycles. The van der Waals surface area contributed by atoms with Crippen molar-refractivity contribution in [3.63, 3.8) is 0 Å². The standard InChI is InChI=1S/C27H30O11/c1-11(2)16(28)9-15-17(29)10-18(30)19-21(32)26(38-27-23(34)22(33)20(31)12(3)36-27)24(37-25(15)19)13-5-7-14(35-4)8-6-13/h5-8,10,12,16,20,22-23,27-31,33-34H,1,9H2,2-4H3/t12-,16?,20-,22+,23+,27-/m0/s1. The summed E-state index contributed by atoms with van der Waals surface area (Å²) < 4.78 is 22.5. The van der Waals surface area contributed by atoms with Crippen LogP contribution in [0.25, 0.3) is 22.3 Å². The Hall–Kier alpha value is -3.61. The van der Waals surface area contributed by atoms with Gasteiger partial charge in [0.25, 0.3) is 0 Å². The number of aromatic hydroxyl groups is 2. The minimum atomic E-state index is -1.73. The molecule has 0 aliphatic carbocycles. The first-order valence-corrected chi connectivity index (χ1v) is 11.8. The average Bonchev–Trinajstić information content (AvgIpc) is 2.88. The third-order valence-corrected chi connectivity index (χ3v) is 6.54. The second kappa shape index (κ2) is 10.6. The molecule has 0 spiro atoms. The Bertz CT molecular complexity index is 1400. The molecule has 4 rings (SSSR count). The molecule has 0 saturated carbocycles. The summed E-state index contributed by atoms with van der Waals surface area (Å²) in [6, 6.07) is 7.29. The van der Waals surface area contributed by atoms with Crippen molar-refractivity contribution in [1.29, 1.82) is 0 Å². The zero-order valence-electron chi connectivity index (χ0n) is 21.0. The Morgan fingerprint density at radius 2 is 1.74 bits per heavy atom. The first-order valence-electron chi connectivity index (χ1n) is 11.8. The summed E-state index contributed by atoms with van der Waals surface area (Å²) in [5.74, 6) is -1.12. The van der Waals surface area contributed by atoms with Gasteiger partial charge in [-0.15, -0.1) is 0 Å². The van der Waals surface area contributed by atoms with E-state index in [1.54, 1.807) is 31.2 Å². The van der Waals surface area contributed by atoms with Gasteiger partial charge in [0.15, 0.2) is 5.76 Å². The van der Waals surface area contributed by atoms with Gasteiger partial charge in [-0.25, -0.2) is 0 Å². The molecule has 2 aromatic carbocycles. The number of rotatable bonds is 7. The van der Waals surface area contributed by atoms with E-state index < -0.39 is 59.5 Å². The molecule has 0 bridgehead atoms. The highest BCUT2D eigenvalue weighted by molar-refractivity contribution is 5.91. The van der Waals surface area contributed by atoms with Crippen molar-refractivity contribution in [2.24, 2.45) is 0 Å². The summed E-state index contributed by atoms with van der Waals surface area (Å²) in [4.78, 5) is 13.8. The lowest BCUT2D eigenvalue weighted by atomic mass is 9.98. The van der Waals surface area contributed by atoms with Crippen LogP contribution in [0.15, 0.2) is 51.7 Å². The lowest BCUT2D eigenvalue weighted by Gasteiger charge is -2.38. The zero-order valence-corrected chi connectivity index (χ0v) is 21.0. The molecule has 204 valence electrons. The summed E-state index contributed by atoms with van der Waals surface area (Å²) >= 11 is 0. The molecule has 1 unspecified atom stereocenters. The highest BCUT2D eigenvalue weighted by atomic mass is 16.7. The summed E-state index contributed by atoms with van der Waals surface area (Å²) in [5.41, 5.74) is -0.285. The lowest BCUT2D eigenvalue weighted by molar-refractivity contribution is -0.268. The van der Waals surface area contributed by atoms with Gasteiger partial charge in [0, 0.05) is 23.6 Å². The van der Waals surface area contributed by atoms with Gasteiger partial charge >= 0.3 is 0 Å². The third-order valence-electron chi connectivity index (χ3n) is 6.54. The molecule has 0 amide bonds. The highest BCUT2D eigenvalue weighted by Gasteiger charge is 2.44. The normalized spacial score (nSPS) is 24.2. The third kappa shape index (κ3) is 4.94. The van der Waals surface area contributed by atoms with E-state index in [-0.39, 0.29) is 28.7 Å². The van der Waals surface area contributed by atoms with E-state index in [1.165, 1.54) is 14.0 Å². The molecule has 11 heteroatoms. The largest absolute Gasteiger partial charge is 0.507 e. The molecule has 3 aromatic rings. The molecule has 1 saturated heterocycles. The summed E-state index contributed by atoms with van der Waals surface area (Å²) in [5, 5.41) is 61.9. The topological polar surface area (TPSA) is 179 Å². The number of aliphatic hydroxyl groups excluding tert-OH is 4. The molecule has 11 nitrogen and oxygen atoms in total. The molecule has 1 aliphatic heterocycles. The van der Waals surface area contributed by atoms with Crippen LogP contribution in [-0.4, -0.2) is 74.6 Å². The van der Waals surface area contributed by atoms with E-state index >= 15 is 0 Å². The lowest BCUT2D eigenvalue weighted by Crippen LogP contribution is -2.58. The van der Waals surface area contributed by atoms with Crippen molar-refractivity contribution in [3.05, 3.63) is 58.3 Å². The highest BCUT2D eigenvalue weighted by Crippen LogP contribution is 2.40. The van der Waals surface area contributed by atoms with E-state index in [0.29, 0.717) is 16.9 Å².